The van der Waals surface area contributed by atoms with Crippen LogP contribution in [0.4, 0.5) is 17.1 Å². The van der Waals surface area contributed by atoms with Crippen LogP contribution in [0.5, 0.6) is 0 Å². The number of nitrogens with one attached hydrogen (secondary N) is 4. The van der Waals surface area contributed by atoms with Crippen LogP contribution in [-0.2, 0) is 0 Å². The number of rotatable bonds is 5. The first-order chi connectivity index (χ1) is 16.7. The summed E-state index contributed by atoms with van der Waals surface area (Å²) in [5.74, 6) is -0.246. The van der Waals surface area contributed by atoms with Crippen molar-refractivity contribution in [2.24, 2.45) is 0 Å². The van der Waals surface area contributed by atoms with E-state index in [1.54, 1.807) is 18.5 Å². The van der Waals surface area contributed by atoms with Gasteiger partial charge < -0.3 is 15.6 Å². The fourth-order valence-electron chi connectivity index (χ4n) is 3.83. The summed E-state index contributed by atoms with van der Waals surface area (Å²) in [4.78, 5) is 20.3. The minimum Gasteiger partial charge on any atom is -0.355 e. The van der Waals surface area contributed by atoms with Gasteiger partial charge in [0, 0.05) is 39.4 Å². The van der Waals surface area contributed by atoms with Crippen molar-refractivity contribution in [3.63, 3.8) is 0 Å². The third kappa shape index (κ3) is 3.82. The van der Waals surface area contributed by atoms with E-state index in [9.17, 15) is 4.79 Å². The lowest BCUT2D eigenvalue weighted by Crippen LogP contribution is -2.12. The van der Waals surface area contributed by atoms with E-state index in [1.165, 1.54) is 12.4 Å². The molecule has 0 atom stereocenters. The van der Waals surface area contributed by atoms with E-state index in [-0.39, 0.29) is 5.91 Å². The summed E-state index contributed by atoms with van der Waals surface area (Å²) < 4.78 is 0. The maximum atomic E-state index is 12.6. The highest BCUT2D eigenvalue weighted by Gasteiger charge is 2.11. The molecule has 4 N–H and O–H groups in total. The summed E-state index contributed by atoms with van der Waals surface area (Å²) in [6.45, 7) is 0. The van der Waals surface area contributed by atoms with Crippen LogP contribution in [0, 0.1) is 0 Å². The molecule has 4 aromatic heterocycles. The maximum absolute atomic E-state index is 12.6. The van der Waals surface area contributed by atoms with E-state index >= 15 is 0 Å². The van der Waals surface area contributed by atoms with Crippen molar-refractivity contribution in [1.29, 1.82) is 0 Å². The molecule has 2 aromatic carbocycles. The zero-order chi connectivity index (χ0) is 22.9. The quantitative estimate of drug-likeness (QED) is 0.299. The van der Waals surface area contributed by atoms with E-state index < -0.39 is 0 Å². The number of H-pyrrole nitrogens is 2. The Bertz CT molecular complexity index is 1640. The van der Waals surface area contributed by atoms with Crippen molar-refractivity contribution < 1.29 is 4.79 Å². The molecule has 0 spiro atoms. The molecule has 0 bridgehead atoms. The predicted molar refractivity (Wildman–Crippen MR) is 131 cm³/mol. The highest BCUT2D eigenvalue weighted by atomic mass is 16.1. The number of pyridine rings is 1. The van der Waals surface area contributed by atoms with Crippen LogP contribution in [-0.4, -0.2) is 36.3 Å². The van der Waals surface area contributed by atoms with Gasteiger partial charge in [0.05, 0.1) is 35.5 Å². The number of benzene rings is 2. The van der Waals surface area contributed by atoms with Crippen molar-refractivity contribution in [3.8, 4) is 11.3 Å². The minimum atomic E-state index is -0.246. The second kappa shape index (κ2) is 8.14. The van der Waals surface area contributed by atoms with E-state index in [4.69, 9.17) is 0 Å². The highest BCUT2D eigenvalue weighted by molar-refractivity contribution is 6.06. The Morgan fingerprint density at radius 3 is 2.56 bits per heavy atom. The third-order valence-electron chi connectivity index (χ3n) is 5.49. The SMILES string of the molecule is O=C(Nc1ccnnc1)c1cc2cc(-c3cc(Nc4ccc5[nH]ncc5c4)ccn3)ccc2[nH]1. The predicted octanol–water partition coefficient (Wildman–Crippen LogP) is 4.89. The van der Waals surface area contributed by atoms with Crippen LogP contribution in [0.1, 0.15) is 10.5 Å². The van der Waals surface area contributed by atoms with Crippen molar-refractivity contribution in [3.05, 3.63) is 91.1 Å². The molecule has 9 nitrogen and oxygen atoms in total. The summed E-state index contributed by atoms with van der Waals surface area (Å²) >= 11 is 0. The lowest BCUT2D eigenvalue weighted by atomic mass is 10.1. The Hall–Kier alpha value is -5.05. The Balaban J connectivity index is 1.25. The van der Waals surface area contributed by atoms with Gasteiger partial charge in [-0.05, 0) is 54.6 Å². The molecule has 0 fully saturated rings. The van der Waals surface area contributed by atoms with E-state index in [0.717, 1.165) is 44.4 Å². The number of carbonyl (C=O) groups is 1. The number of aromatic amines is 2. The van der Waals surface area contributed by atoms with Crippen molar-refractivity contribution >= 4 is 44.8 Å². The third-order valence-corrected chi connectivity index (χ3v) is 5.49. The second-order valence-electron chi connectivity index (χ2n) is 7.80. The van der Waals surface area contributed by atoms with Crippen molar-refractivity contribution in [1.82, 2.24) is 30.4 Å². The van der Waals surface area contributed by atoms with Crippen LogP contribution in [0.25, 0.3) is 33.1 Å². The van der Waals surface area contributed by atoms with Gasteiger partial charge in [0.2, 0.25) is 0 Å². The molecule has 0 aliphatic rings. The number of nitrogens with zero attached hydrogens (tertiary/aromatic N) is 4. The number of hydrogen-bond acceptors (Lipinski definition) is 6. The molecule has 1 amide bonds. The topological polar surface area (TPSA) is 124 Å². The van der Waals surface area contributed by atoms with Gasteiger partial charge in [-0.25, -0.2) is 0 Å². The molecule has 0 aliphatic carbocycles. The second-order valence-corrected chi connectivity index (χ2v) is 7.80. The normalized spacial score (nSPS) is 11.1. The first-order valence-electron chi connectivity index (χ1n) is 10.6. The summed E-state index contributed by atoms with van der Waals surface area (Å²) in [6, 6.07) is 19.4. The zero-order valence-corrected chi connectivity index (χ0v) is 17.8. The summed E-state index contributed by atoms with van der Waals surface area (Å²) in [7, 11) is 0. The minimum absolute atomic E-state index is 0.246. The van der Waals surface area contributed by atoms with Crippen LogP contribution < -0.4 is 10.6 Å². The summed E-state index contributed by atoms with van der Waals surface area (Å²) in [6.07, 6.45) is 6.60. The number of hydrogen-bond donors (Lipinski definition) is 4. The molecule has 0 saturated heterocycles. The lowest BCUT2D eigenvalue weighted by molar-refractivity contribution is 0.102. The largest absolute Gasteiger partial charge is 0.355 e. The average molecular weight is 446 g/mol. The van der Waals surface area contributed by atoms with Gasteiger partial charge in [0.1, 0.15) is 5.69 Å². The zero-order valence-electron chi connectivity index (χ0n) is 17.8. The maximum Gasteiger partial charge on any atom is 0.272 e. The molecule has 0 aliphatic heterocycles. The van der Waals surface area contributed by atoms with Crippen LogP contribution in [0.2, 0.25) is 0 Å². The smallest absolute Gasteiger partial charge is 0.272 e. The highest BCUT2D eigenvalue weighted by Crippen LogP contribution is 2.27. The summed E-state index contributed by atoms with van der Waals surface area (Å²) in [5.41, 5.74) is 6.56. The van der Waals surface area contributed by atoms with Gasteiger partial charge in [-0.2, -0.15) is 15.3 Å². The van der Waals surface area contributed by atoms with E-state index in [1.807, 2.05) is 54.6 Å². The number of carbonyl (C=O) groups excluding carboxylic acids is 1. The molecule has 6 rings (SSSR count). The summed E-state index contributed by atoms with van der Waals surface area (Å²) in [5, 5.41) is 22.7. The first-order valence-corrected chi connectivity index (χ1v) is 10.6. The fraction of sp³-hybridized carbons (Fsp3) is 0. The van der Waals surface area contributed by atoms with E-state index in [0.29, 0.717) is 11.4 Å². The van der Waals surface area contributed by atoms with E-state index in [2.05, 4.69) is 41.0 Å². The Kier molecular flexibility index (Phi) is 4.70. The molecule has 34 heavy (non-hydrogen) atoms. The van der Waals surface area contributed by atoms with Crippen molar-refractivity contribution in [2.45, 2.75) is 0 Å². The Morgan fingerprint density at radius 2 is 1.65 bits per heavy atom. The molecule has 0 unspecified atom stereocenters. The molecule has 9 heteroatoms. The van der Waals surface area contributed by atoms with Crippen molar-refractivity contribution in [2.75, 3.05) is 10.6 Å². The molecular formula is C25H18N8O. The number of anilines is 3. The number of amides is 1. The molecule has 164 valence electrons. The fourth-order valence-corrected chi connectivity index (χ4v) is 3.83. The molecule has 4 heterocycles. The average Bonchev–Trinajstić information content (AvgIpc) is 3.51. The van der Waals surface area contributed by atoms with Gasteiger partial charge in [-0.15, -0.1) is 0 Å². The monoisotopic (exact) mass is 446 g/mol. The van der Waals surface area contributed by atoms with Gasteiger partial charge in [0.25, 0.3) is 5.91 Å². The van der Waals surface area contributed by atoms with Gasteiger partial charge in [0.15, 0.2) is 0 Å². The number of fused-ring (bicyclic) bond motifs is 2. The number of aromatic nitrogens is 6. The molecular weight excluding hydrogens is 428 g/mol. The Labute approximate surface area is 193 Å². The Morgan fingerprint density at radius 1 is 0.765 bits per heavy atom. The lowest BCUT2D eigenvalue weighted by Gasteiger charge is -2.08. The van der Waals surface area contributed by atoms with Gasteiger partial charge >= 0.3 is 0 Å². The van der Waals surface area contributed by atoms with Gasteiger partial charge in [-0.1, -0.05) is 6.07 Å². The van der Waals surface area contributed by atoms with Crippen LogP contribution >= 0.6 is 0 Å². The van der Waals surface area contributed by atoms with Crippen LogP contribution in [0.3, 0.4) is 0 Å². The van der Waals surface area contributed by atoms with Crippen LogP contribution in [0.15, 0.2) is 85.5 Å². The van der Waals surface area contributed by atoms with Gasteiger partial charge in [-0.3, -0.25) is 14.9 Å². The molecule has 0 radical (unpaired) electrons. The standard InChI is InChI=1S/C25H18N8O/c34-25(31-20-6-8-27-28-14-20)24-11-16-9-15(1-3-21(16)32-24)23-12-19(5-7-26-23)30-18-2-4-22-17(10-18)13-29-33-22/h1-14,32H,(H,26,30)(H,29,33)(H,27,31,34). The molecule has 6 aromatic rings. The molecule has 0 saturated carbocycles. The first kappa shape index (κ1) is 19.6.